The van der Waals surface area contributed by atoms with Crippen LogP contribution >= 0.6 is 23.2 Å². The first-order chi connectivity index (χ1) is 10.1. The molecule has 3 rings (SSSR count). The average molecular weight is 320 g/mol. The van der Waals surface area contributed by atoms with E-state index in [2.05, 4.69) is 10.1 Å². The molecule has 0 aliphatic heterocycles. The van der Waals surface area contributed by atoms with E-state index < -0.39 is 0 Å². The summed E-state index contributed by atoms with van der Waals surface area (Å²) in [6, 6.07) is 10.6. The summed E-state index contributed by atoms with van der Waals surface area (Å²) in [6.45, 7) is 0. The average Bonchev–Trinajstić information content (AvgIpc) is 2.84. The second-order valence-electron chi connectivity index (χ2n) is 4.54. The minimum Gasteiger partial charge on any atom is -0.296 e. The summed E-state index contributed by atoms with van der Waals surface area (Å²) in [5.74, 6) is 0.552. The lowest BCUT2D eigenvalue weighted by atomic mass is 10.1. The topological polar surface area (TPSA) is 50.7 Å². The van der Waals surface area contributed by atoms with E-state index in [1.807, 2.05) is 12.1 Å². The maximum Gasteiger partial charge on any atom is 0.276 e. The molecule has 2 aromatic heterocycles. The van der Waals surface area contributed by atoms with Gasteiger partial charge in [-0.15, -0.1) is 0 Å². The second kappa shape index (κ2) is 5.76. The molecule has 0 amide bonds. The van der Waals surface area contributed by atoms with Crippen molar-refractivity contribution in [2.45, 2.75) is 6.42 Å². The van der Waals surface area contributed by atoms with Crippen molar-refractivity contribution >= 4 is 23.2 Å². The number of benzene rings is 1. The Morgan fingerprint density at radius 2 is 2.00 bits per heavy atom. The zero-order chi connectivity index (χ0) is 14.8. The molecule has 0 unspecified atom stereocenters. The SMILES string of the molecule is O=c1c(Cc2ccc(Cl)cc2Cl)c[nH]n1-c1ccccn1. The van der Waals surface area contributed by atoms with Crippen molar-refractivity contribution in [1.82, 2.24) is 14.8 Å². The number of pyridine rings is 1. The lowest BCUT2D eigenvalue weighted by Crippen LogP contribution is -2.18. The summed E-state index contributed by atoms with van der Waals surface area (Å²) >= 11 is 12.0. The van der Waals surface area contributed by atoms with Gasteiger partial charge in [0.1, 0.15) is 0 Å². The van der Waals surface area contributed by atoms with Gasteiger partial charge in [0.2, 0.25) is 0 Å². The van der Waals surface area contributed by atoms with Crippen molar-refractivity contribution in [3.63, 3.8) is 0 Å². The van der Waals surface area contributed by atoms with Crippen LogP contribution in [0, 0.1) is 0 Å². The highest BCUT2D eigenvalue weighted by Crippen LogP contribution is 2.22. The molecule has 0 fully saturated rings. The molecule has 1 aromatic carbocycles. The molecule has 0 atom stereocenters. The molecular formula is C15H11Cl2N3O. The summed E-state index contributed by atoms with van der Waals surface area (Å²) < 4.78 is 1.40. The van der Waals surface area contributed by atoms with Crippen LogP contribution in [0.3, 0.4) is 0 Å². The van der Waals surface area contributed by atoms with E-state index in [1.54, 1.807) is 36.7 Å². The van der Waals surface area contributed by atoms with Crippen molar-refractivity contribution < 1.29 is 0 Å². The molecule has 0 bridgehead atoms. The molecule has 0 saturated heterocycles. The van der Waals surface area contributed by atoms with Gasteiger partial charge < -0.3 is 0 Å². The van der Waals surface area contributed by atoms with E-state index in [0.717, 1.165) is 5.56 Å². The van der Waals surface area contributed by atoms with Crippen LogP contribution in [0.5, 0.6) is 0 Å². The highest BCUT2D eigenvalue weighted by molar-refractivity contribution is 6.35. The molecule has 0 spiro atoms. The van der Waals surface area contributed by atoms with Gasteiger partial charge in [0.05, 0.1) is 0 Å². The smallest absolute Gasteiger partial charge is 0.276 e. The predicted molar refractivity (Wildman–Crippen MR) is 83.5 cm³/mol. The van der Waals surface area contributed by atoms with E-state index in [1.165, 1.54) is 4.68 Å². The monoisotopic (exact) mass is 319 g/mol. The first-order valence-corrected chi connectivity index (χ1v) is 7.05. The quantitative estimate of drug-likeness (QED) is 0.803. The van der Waals surface area contributed by atoms with E-state index >= 15 is 0 Å². The Balaban J connectivity index is 1.95. The molecule has 1 N–H and O–H groups in total. The maximum atomic E-state index is 12.4. The van der Waals surface area contributed by atoms with Gasteiger partial charge in [0.15, 0.2) is 5.82 Å². The fraction of sp³-hybridized carbons (Fsp3) is 0.0667. The Labute approximate surface area is 131 Å². The highest BCUT2D eigenvalue weighted by Gasteiger charge is 2.11. The molecule has 106 valence electrons. The summed E-state index contributed by atoms with van der Waals surface area (Å²) in [6.07, 6.45) is 3.74. The van der Waals surface area contributed by atoms with Gasteiger partial charge in [-0.1, -0.05) is 35.3 Å². The number of hydrogen-bond acceptors (Lipinski definition) is 2. The van der Waals surface area contributed by atoms with Gasteiger partial charge in [-0.3, -0.25) is 9.89 Å². The van der Waals surface area contributed by atoms with Gasteiger partial charge in [-0.2, -0.15) is 0 Å². The number of aromatic amines is 1. The van der Waals surface area contributed by atoms with Gasteiger partial charge >= 0.3 is 0 Å². The van der Waals surface area contributed by atoms with Crippen LogP contribution in [0.4, 0.5) is 0 Å². The van der Waals surface area contributed by atoms with Gasteiger partial charge in [-0.05, 0) is 29.8 Å². The third-order valence-electron chi connectivity index (χ3n) is 3.12. The fourth-order valence-corrected chi connectivity index (χ4v) is 2.53. The van der Waals surface area contributed by atoms with Crippen LogP contribution in [0.1, 0.15) is 11.1 Å². The number of nitrogens with zero attached hydrogens (tertiary/aromatic N) is 2. The zero-order valence-electron chi connectivity index (χ0n) is 10.9. The molecule has 0 saturated carbocycles. The van der Waals surface area contributed by atoms with Crippen LogP contribution in [-0.4, -0.2) is 14.8 Å². The van der Waals surface area contributed by atoms with E-state index in [9.17, 15) is 4.79 Å². The third kappa shape index (κ3) is 2.86. The molecular weight excluding hydrogens is 309 g/mol. The molecule has 0 aliphatic rings. The Bertz CT molecular complexity index is 824. The summed E-state index contributed by atoms with van der Waals surface area (Å²) in [5.41, 5.74) is 1.33. The Kier molecular flexibility index (Phi) is 3.82. The van der Waals surface area contributed by atoms with E-state index in [4.69, 9.17) is 23.2 Å². The largest absolute Gasteiger partial charge is 0.296 e. The number of nitrogens with one attached hydrogen (secondary N) is 1. The van der Waals surface area contributed by atoms with Crippen LogP contribution in [-0.2, 0) is 6.42 Å². The van der Waals surface area contributed by atoms with Crippen molar-refractivity contribution in [2.24, 2.45) is 0 Å². The van der Waals surface area contributed by atoms with Crippen LogP contribution in [0.25, 0.3) is 5.82 Å². The minimum atomic E-state index is -0.139. The number of H-pyrrole nitrogens is 1. The number of halogens is 2. The Morgan fingerprint density at radius 3 is 2.71 bits per heavy atom. The van der Waals surface area contributed by atoms with Crippen molar-refractivity contribution in [3.05, 3.63) is 80.3 Å². The molecule has 3 aromatic rings. The van der Waals surface area contributed by atoms with Crippen LogP contribution in [0.15, 0.2) is 53.6 Å². The van der Waals surface area contributed by atoms with Gasteiger partial charge in [0.25, 0.3) is 5.56 Å². The van der Waals surface area contributed by atoms with Crippen LogP contribution in [0.2, 0.25) is 10.0 Å². The second-order valence-corrected chi connectivity index (χ2v) is 5.38. The first kappa shape index (κ1) is 13.9. The maximum absolute atomic E-state index is 12.4. The van der Waals surface area contributed by atoms with Gasteiger partial charge in [0, 0.05) is 34.4 Å². The van der Waals surface area contributed by atoms with Gasteiger partial charge in [-0.25, -0.2) is 9.67 Å². The number of rotatable bonds is 3. The molecule has 0 aliphatic carbocycles. The normalized spacial score (nSPS) is 10.8. The van der Waals surface area contributed by atoms with E-state index in [-0.39, 0.29) is 5.56 Å². The standard InChI is InChI=1S/C15H11Cl2N3O/c16-12-5-4-10(13(17)8-12)7-11-9-19-20(15(11)21)14-3-1-2-6-18-14/h1-6,8-9,19H,7H2. The minimum absolute atomic E-state index is 0.139. The van der Waals surface area contributed by atoms with Crippen molar-refractivity contribution in [1.29, 1.82) is 0 Å². The predicted octanol–water partition coefficient (Wildman–Crippen LogP) is 3.46. The van der Waals surface area contributed by atoms with Crippen molar-refractivity contribution in [2.75, 3.05) is 0 Å². The lowest BCUT2D eigenvalue weighted by Gasteiger charge is -2.02. The molecule has 2 heterocycles. The summed E-state index contributed by atoms with van der Waals surface area (Å²) in [4.78, 5) is 16.5. The molecule has 0 radical (unpaired) electrons. The highest BCUT2D eigenvalue weighted by atomic mass is 35.5. The summed E-state index contributed by atoms with van der Waals surface area (Å²) in [5, 5.41) is 4.04. The first-order valence-electron chi connectivity index (χ1n) is 6.30. The fourth-order valence-electron chi connectivity index (χ4n) is 2.06. The number of aromatic nitrogens is 3. The Morgan fingerprint density at radius 1 is 1.14 bits per heavy atom. The lowest BCUT2D eigenvalue weighted by molar-refractivity contribution is 0.817. The third-order valence-corrected chi connectivity index (χ3v) is 3.71. The Hall–Kier alpha value is -2.04. The van der Waals surface area contributed by atoms with E-state index in [0.29, 0.717) is 27.8 Å². The molecule has 6 heteroatoms. The molecule has 21 heavy (non-hydrogen) atoms. The van der Waals surface area contributed by atoms with Crippen molar-refractivity contribution in [3.8, 4) is 5.82 Å². The zero-order valence-corrected chi connectivity index (χ0v) is 12.4. The summed E-state index contributed by atoms with van der Waals surface area (Å²) in [7, 11) is 0. The molecule has 4 nitrogen and oxygen atoms in total. The number of hydrogen-bond donors (Lipinski definition) is 1. The van der Waals surface area contributed by atoms with Crippen LogP contribution < -0.4 is 5.56 Å².